The van der Waals surface area contributed by atoms with Crippen molar-refractivity contribution in [3.05, 3.63) is 53.4 Å². The molecule has 2 aromatic carbocycles. The number of carbonyl (C=O) groups is 4. The van der Waals surface area contributed by atoms with Gasteiger partial charge in [-0.05, 0) is 62.4 Å². The van der Waals surface area contributed by atoms with Crippen LogP contribution in [-0.4, -0.2) is 96.9 Å². The van der Waals surface area contributed by atoms with Crippen molar-refractivity contribution in [3.8, 4) is 0 Å². The molecule has 0 unspecified atom stereocenters. The molecule has 0 spiro atoms. The van der Waals surface area contributed by atoms with Gasteiger partial charge in [0, 0.05) is 46.7 Å². The van der Waals surface area contributed by atoms with Gasteiger partial charge in [0.1, 0.15) is 6.61 Å². The van der Waals surface area contributed by atoms with Crippen LogP contribution in [0.3, 0.4) is 0 Å². The summed E-state index contributed by atoms with van der Waals surface area (Å²) in [6, 6.07) is 10.9. The van der Waals surface area contributed by atoms with Crippen molar-refractivity contribution in [2.45, 2.75) is 23.6 Å². The Labute approximate surface area is 310 Å². The van der Waals surface area contributed by atoms with E-state index >= 15 is 0 Å². The molecule has 2 aromatic rings. The third-order valence-electron chi connectivity index (χ3n) is 3.93. The Morgan fingerprint density at radius 1 is 0.783 bits per heavy atom. The molecule has 0 bridgehead atoms. The average Bonchev–Trinajstić information content (AvgIpc) is 2.96. The molecule has 0 atom stereocenters. The van der Waals surface area contributed by atoms with E-state index < -0.39 is 38.3 Å². The summed E-state index contributed by atoms with van der Waals surface area (Å²) in [5, 5.41) is 8.93. The summed E-state index contributed by atoms with van der Waals surface area (Å²) in [4.78, 5) is 50.8. The number of nitrogens with zero attached hydrogens (tertiary/aromatic N) is 1. The fourth-order valence-electron chi connectivity index (χ4n) is 2.16. The number of urea groups is 1. The largest absolute Gasteiger partial charge is 0.450 e. The first kappa shape index (κ1) is 48.1. The van der Waals surface area contributed by atoms with E-state index in [0.29, 0.717) is 17.3 Å². The van der Waals surface area contributed by atoms with Gasteiger partial charge >= 0.3 is 24.3 Å². The number of anilines is 2. The van der Waals surface area contributed by atoms with Gasteiger partial charge in [0.05, 0.1) is 71.3 Å². The lowest BCUT2D eigenvalue weighted by Gasteiger charge is -2.05. The van der Waals surface area contributed by atoms with Crippen molar-refractivity contribution >= 4 is 127 Å². The molecule has 0 saturated heterocycles. The number of amides is 5. The zero-order chi connectivity index (χ0) is 35.1. The first-order valence-electron chi connectivity index (χ1n) is 11.9. The average molecular weight is 946 g/mol. The van der Waals surface area contributed by atoms with Crippen LogP contribution in [0, 0.1) is 4.91 Å². The Hall–Kier alpha value is -2.26. The van der Waals surface area contributed by atoms with Crippen LogP contribution in [-0.2, 0) is 28.2 Å². The lowest BCUT2D eigenvalue weighted by molar-refractivity contribution is 0.163. The molecule has 0 aromatic heterocycles. The second-order valence-corrected chi connectivity index (χ2v) is 17.1. The molecule has 0 aliphatic carbocycles. The molecule has 5 amide bonds. The zero-order valence-corrected chi connectivity index (χ0v) is 32.6. The number of halogens is 3. The van der Waals surface area contributed by atoms with E-state index in [9.17, 15) is 36.0 Å². The minimum Gasteiger partial charge on any atom is -0.450 e. The van der Waals surface area contributed by atoms with Crippen molar-refractivity contribution in [1.82, 2.24) is 5.32 Å². The van der Waals surface area contributed by atoms with E-state index in [1.54, 1.807) is 13.8 Å². The molecule has 23 heteroatoms. The fraction of sp³-hybridized carbons (Fsp3) is 0.304. The minimum atomic E-state index is -3.23. The number of alkyl halides is 1. The van der Waals surface area contributed by atoms with E-state index in [-0.39, 0.29) is 52.7 Å². The maximum absolute atomic E-state index is 11.1. The number of hydrogen-bond donors (Lipinski definition) is 4. The number of nitrogens with two attached hydrogens (primary N) is 1. The maximum atomic E-state index is 11.1. The molecule has 2 radical (unpaired) electrons. The van der Waals surface area contributed by atoms with Crippen LogP contribution < -0.4 is 21.7 Å². The van der Waals surface area contributed by atoms with E-state index in [0.717, 1.165) is 0 Å². The summed E-state index contributed by atoms with van der Waals surface area (Å²) in [6.45, 7) is 4.16. The number of nitroso groups, excluding NO2 is 1. The summed E-state index contributed by atoms with van der Waals surface area (Å²) in [5.74, 6) is 0.295. The van der Waals surface area contributed by atoms with Crippen LogP contribution in [0.5, 0.6) is 0 Å². The maximum Gasteiger partial charge on any atom is 0.411 e. The summed E-state index contributed by atoms with van der Waals surface area (Å²) < 4.78 is 58.1. The Kier molecular flexibility index (Phi) is 28.0. The molecule has 0 heterocycles. The van der Waals surface area contributed by atoms with Crippen LogP contribution in [0.4, 0.5) is 30.6 Å². The SMILES string of the molecule is CCOC(=O)Nc1ccc(S(=O)(=O)I)cc1.CCOC(=O)Nc1ccc(S(=O)(=O)I)cc1.CNC(=O)N=O.NC(=O)OCCCl.[Mg]. The first-order chi connectivity index (χ1) is 20.9. The molecule has 0 aliphatic rings. The van der Waals surface area contributed by atoms with Crippen LogP contribution in [0.1, 0.15) is 13.8 Å². The zero-order valence-electron chi connectivity index (χ0n) is 24.5. The lowest BCUT2D eigenvalue weighted by atomic mass is 10.3. The van der Waals surface area contributed by atoms with Gasteiger partial charge in [0.25, 0.3) is 0 Å². The number of hydrogen-bond acceptors (Lipinski definition) is 12. The van der Waals surface area contributed by atoms with Crippen LogP contribution in [0.15, 0.2) is 63.5 Å². The van der Waals surface area contributed by atoms with E-state index in [1.165, 1.54) is 98.0 Å². The predicted molar refractivity (Wildman–Crippen MR) is 189 cm³/mol. The quantitative estimate of drug-likeness (QED) is 0.0696. The number of ether oxygens (including phenoxy) is 3. The minimum absolute atomic E-state index is 0. The summed E-state index contributed by atoms with van der Waals surface area (Å²) >= 11 is 7.82. The highest BCUT2D eigenvalue weighted by Gasteiger charge is 2.10. The molecule has 5 N–H and O–H groups in total. The Bertz CT molecular complexity index is 1360. The smallest absolute Gasteiger partial charge is 0.411 e. The number of primary amides is 1. The molecule has 0 fully saturated rings. The highest BCUT2D eigenvalue weighted by Crippen LogP contribution is 2.20. The third kappa shape index (κ3) is 25.9. The number of rotatable bonds is 8. The highest BCUT2D eigenvalue weighted by molar-refractivity contribution is 14.2. The van der Waals surface area contributed by atoms with Gasteiger partial charge in [-0.2, -0.15) is 0 Å². The predicted octanol–water partition coefficient (Wildman–Crippen LogP) is 4.79. The monoisotopic (exact) mass is 945 g/mol. The molecule has 17 nitrogen and oxygen atoms in total. The Balaban J connectivity index is -0.000000579. The van der Waals surface area contributed by atoms with Gasteiger partial charge in [-0.25, -0.2) is 36.0 Å². The first-order valence-corrected chi connectivity index (χ1v) is 20.5. The third-order valence-corrected chi connectivity index (χ3v) is 8.81. The second kappa shape index (κ2) is 26.8. The van der Waals surface area contributed by atoms with E-state index in [4.69, 9.17) is 16.5 Å². The van der Waals surface area contributed by atoms with Gasteiger partial charge in [-0.15, -0.1) is 16.5 Å². The topological polar surface area (TPSA) is 256 Å². The van der Waals surface area contributed by atoms with Gasteiger partial charge in [0.2, 0.25) is 14.0 Å². The van der Waals surface area contributed by atoms with Crippen molar-refractivity contribution in [2.24, 2.45) is 10.9 Å². The van der Waals surface area contributed by atoms with Gasteiger partial charge in [-0.3, -0.25) is 10.6 Å². The Morgan fingerprint density at radius 2 is 1.13 bits per heavy atom. The number of benzene rings is 2. The fourth-order valence-corrected chi connectivity index (χ4v) is 4.92. The van der Waals surface area contributed by atoms with Crippen LogP contribution in [0.25, 0.3) is 0 Å². The van der Waals surface area contributed by atoms with Crippen LogP contribution >= 0.6 is 54.0 Å². The number of carbonyl (C=O) groups excluding carboxylic acids is 4. The molecule has 46 heavy (non-hydrogen) atoms. The summed E-state index contributed by atoms with van der Waals surface area (Å²) in [6.07, 6.45) is -1.90. The number of nitrogens with one attached hydrogen (secondary N) is 3. The van der Waals surface area contributed by atoms with E-state index in [2.05, 4.69) is 30.6 Å². The van der Waals surface area contributed by atoms with E-state index in [1.807, 2.05) is 10.5 Å². The van der Waals surface area contributed by atoms with Crippen molar-refractivity contribution in [1.29, 1.82) is 0 Å². The summed E-state index contributed by atoms with van der Waals surface area (Å²) in [7, 11) is -5.13. The molecule has 0 saturated carbocycles. The standard InChI is InChI=1S/2C9H10INO4S.C3H6ClNO2.C2H4N2O2.Mg/c2*1-2-15-9(12)11-7-3-5-8(6-4-7)16(10,13)14;4-1-2-7-3(5)6;1-3-2(5)4-6;/h2*3-6H,2H2,1H3,(H,11,12);1-2H2,(H2,5,6);1H3,(H,3,5);. The molecular weight excluding hydrogens is 916 g/mol. The highest BCUT2D eigenvalue weighted by atomic mass is 127. The Morgan fingerprint density at radius 3 is 1.30 bits per heavy atom. The molecule has 2 rings (SSSR count). The second-order valence-electron chi connectivity index (χ2n) is 7.12. The van der Waals surface area contributed by atoms with Crippen molar-refractivity contribution < 1.29 is 50.2 Å². The van der Waals surface area contributed by atoms with Gasteiger partial charge in [0.15, 0.2) is 0 Å². The van der Waals surface area contributed by atoms with Gasteiger partial charge in [-0.1, -0.05) is 0 Å². The normalized spacial score (nSPS) is 9.70. The molecular formula is C23H30ClI2MgN5O12S2. The van der Waals surface area contributed by atoms with Crippen molar-refractivity contribution in [3.63, 3.8) is 0 Å². The van der Waals surface area contributed by atoms with Crippen molar-refractivity contribution in [2.75, 3.05) is 43.4 Å². The summed E-state index contributed by atoms with van der Waals surface area (Å²) in [5.41, 5.74) is 5.54. The van der Waals surface area contributed by atoms with Crippen LogP contribution in [0.2, 0.25) is 0 Å². The van der Waals surface area contributed by atoms with Gasteiger partial charge < -0.3 is 25.3 Å². The molecule has 254 valence electrons. The molecule has 0 aliphatic heterocycles. The lowest BCUT2D eigenvalue weighted by Crippen LogP contribution is -2.13.